The van der Waals surface area contributed by atoms with Gasteiger partial charge in [-0.05, 0) is 0 Å². The third kappa shape index (κ3) is 0.679. The molecule has 3 heteroatoms. The Morgan fingerprint density at radius 1 is 1.17 bits per heavy atom. The molecule has 3 rings (SSSR count). The van der Waals surface area contributed by atoms with E-state index in [-0.39, 0.29) is 6.10 Å². The van der Waals surface area contributed by atoms with E-state index in [2.05, 4.69) is 14.1 Å². The number of hydrogen-bond acceptors (Lipinski definition) is 2. The smallest absolute Gasteiger partial charge is 0.142 e. The van der Waals surface area contributed by atoms with Crippen molar-refractivity contribution in [2.45, 2.75) is 43.2 Å². The van der Waals surface area contributed by atoms with Gasteiger partial charge < -0.3 is 14.3 Å². The number of epoxide rings is 1. The summed E-state index contributed by atoms with van der Waals surface area (Å²) in [7, 11) is 4.55. The third-order valence-corrected chi connectivity index (χ3v) is 4.06. The van der Waals surface area contributed by atoms with Gasteiger partial charge in [0.15, 0.2) is 0 Å². The molecular weight excluding hydrogens is 154 g/mol. The number of nitrogens with zero attached hydrogens (tertiary/aromatic N) is 1. The molecule has 5 atom stereocenters. The molecule has 3 aliphatic heterocycles. The van der Waals surface area contributed by atoms with E-state index < -0.39 is 0 Å². The lowest BCUT2D eigenvalue weighted by Crippen LogP contribution is -2.59. The normalized spacial score (nSPS) is 59.8. The number of hydrogen-bond donors (Lipinski definition) is 1. The highest BCUT2D eigenvalue weighted by Gasteiger charge is 2.70. The summed E-state index contributed by atoms with van der Waals surface area (Å²) in [6, 6.07) is 1.12. The first-order chi connectivity index (χ1) is 5.60. The van der Waals surface area contributed by atoms with Gasteiger partial charge in [-0.2, -0.15) is 0 Å². The van der Waals surface area contributed by atoms with E-state index in [1.54, 1.807) is 0 Å². The second-order valence-electron chi connectivity index (χ2n) is 4.95. The Balaban J connectivity index is 1.96. The van der Waals surface area contributed by atoms with Crippen LogP contribution in [0.15, 0.2) is 0 Å². The summed E-state index contributed by atoms with van der Waals surface area (Å²) in [5.41, 5.74) is 0. The van der Waals surface area contributed by atoms with Gasteiger partial charge >= 0.3 is 0 Å². The van der Waals surface area contributed by atoms with Crippen LogP contribution in [-0.2, 0) is 4.74 Å². The van der Waals surface area contributed by atoms with Crippen molar-refractivity contribution < 1.29 is 14.3 Å². The fourth-order valence-electron chi connectivity index (χ4n) is 3.22. The summed E-state index contributed by atoms with van der Waals surface area (Å²) >= 11 is 0. The SMILES string of the molecule is C[N+]1(C)[C@@H]2CC(O)C[C@H]1[C@H]1O[C@H]12. The van der Waals surface area contributed by atoms with Crippen LogP contribution in [0.4, 0.5) is 0 Å². The second kappa shape index (κ2) is 1.86. The highest BCUT2D eigenvalue weighted by atomic mass is 16.6. The molecule has 3 saturated heterocycles. The van der Waals surface area contributed by atoms with Gasteiger partial charge in [-0.3, -0.25) is 0 Å². The number of fused-ring (bicyclic) bond motifs is 5. The molecule has 68 valence electrons. The van der Waals surface area contributed by atoms with E-state index in [1.165, 1.54) is 0 Å². The van der Waals surface area contributed by atoms with E-state index >= 15 is 0 Å². The first-order valence-corrected chi connectivity index (χ1v) is 4.77. The molecule has 1 unspecified atom stereocenters. The molecule has 1 N–H and O–H groups in total. The summed E-state index contributed by atoms with van der Waals surface area (Å²) in [5.74, 6) is 0. The van der Waals surface area contributed by atoms with Crippen molar-refractivity contribution in [2.75, 3.05) is 14.1 Å². The van der Waals surface area contributed by atoms with Crippen LogP contribution in [0.1, 0.15) is 12.8 Å². The van der Waals surface area contributed by atoms with Gasteiger partial charge in [-0.15, -0.1) is 0 Å². The van der Waals surface area contributed by atoms with Gasteiger partial charge in [0.25, 0.3) is 0 Å². The minimum Gasteiger partial charge on any atom is -0.393 e. The maximum Gasteiger partial charge on any atom is 0.142 e. The molecule has 3 heterocycles. The van der Waals surface area contributed by atoms with Gasteiger partial charge in [-0.25, -0.2) is 0 Å². The minimum atomic E-state index is -0.0671. The number of aliphatic hydroxyl groups excluding tert-OH is 1. The average Bonchev–Trinajstić information content (AvgIpc) is 2.66. The number of likely N-dealkylation sites (N-methyl/N-ethyl adjacent to an activating group) is 1. The molecule has 0 aromatic rings. The van der Waals surface area contributed by atoms with Crippen LogP contribution in [0.25, 0.3) is 0 Å². The number of rotatable bonds is 0. The molecule has 0 aromatic heterocycles. The summed E-state index contributed by atoms with van der Waals surface area (Å²) in [5, 5.41) is 9.60. The average molecular weight is 170 g/mol. The Bertz CT molecular complexity index is 209. The van der Waals surface area contributed by atoms with Crippen LogP contribution in [0.5, 0.6) is 0 Å². The fraction of sp³-hybridized carbons (Fsp3) is 1.00. The van der Waals surface area contributed by atoms with Crippen LogP contribution in [0.2, 0.25) is 0 Å². The van der Waals surface area contributed by atoms with Crippen LogP contribution >= 0.6 is 0 Å². The van der Waals surface area contributed by atoms with E-state index in [0.29, 0.717) is 24.3 Å². The van der Waals surface area contributed by atoms with Gasteiger partial charge in [0.05, 0.1) is 20.2 Å². The molecule has 12 heavy (non-hydrogen) atoms. The van der Waals surface area contributed by atoms with Crippen molar-refractivity contribution >= 4 is 0 Å². The largest absolute Gasteiger partial charge is 0.393 e. The molecule has 0 aromatic carbocycles. The van der Waals surface area contributed by atoms with Crippen LogP contribution in [0.3, 0.4) is 0 Å². The van der Waals surface area contributed by atoms with Crippen molar-refractivity contribution in [1.82, 2.24) is 0 Å². The number of morpholine rings is 1. The highest BCUT2D eigenvalue weighted by molar-refractivity contribution is 5.07. The molecule has 3 fully saturated rings. The zero-order valence-corrected chi connectivity index (χ0v) is 7.60. The third-order valence-electron chi connectivity index (χ3n) is 4.06. The number of ether oxygens (including phenoxy) is 1. The Kier molecular flexibility index (Phi) is 1.13. The van der Waals surface area contributed by atoms with Crippen molar-refractivity contribution in [3.8, 4) is 0 Å². The molecule has 3 nitrogen and oxygen atoms in total. The van der Waals surface area contributed by atoms with E-state index in [0.717, 1.165) is 17.3 Å². The molecule has 0 radical (unpaired) electrons. The Hall–Kier alpha value is -0.120. The quantitative estimate of drug-likeness (QED) is 0.401. The predicted octanol–water partition coefficient (Wildman–Crippen LogP) is -0.264. The Labute approximate surface area is 72.5 Å². The topological polar surface area (TPSA) is 32.8 Å². The van der Waals surface area contributed by atoms with Gasteiger partial charge in [0.1, 0.15) is 24.3 Å². The van der Waals surface area contributed by atoms with E-state index in [4.69, 9.17) is 4.74 Å². The molecule has 0 spiro atoms. The molecule has 2 bridgehead atoms. The van der Waals surface area contributed by atoms with E-state index in [9.17, 15) is 5.11 Å². The zero-order valence-electron chi connectivity index (χ0n) is 7.60. The maximum absolute atomic E-state index is 9.60. The van der Waals surface area contributed by atoms with Crippen molar-refractivity contribution in [2.24, 2.45) is 0 Å². The molecule has 0 saturated carbocycles. The molecule has 0 aliphatic carbocycles. The van der Waals surface area contributed by atoms with Crippen LogP contribution in [0, 0.1) is 0 Å². The monoisotopic (exact) mass is 170 g/mol. The van der Waals surface area contributed by atoms with Crippen LogP contribution < -0.4 is 0 Å². The summed E-state index contributed by atoms with van der Waals surface area (Å²) in [6.45, 7) is 0. The molecular formula is C9H16NO2+. The van der Waals surface area contributed by atoms with E-state index in [1.807, 2.05) is 0 Å². The van der Waals surface area contributed by atoms with Crippen molar-refractivity contribution in [1.29, 1.82) is 0 Å². The first-order valence-electron chi connectivity index (χ1n) is 4.77. The Morgan fingerprint density at radius 3 is 2.17 bits per heavy atom. The predicted molar refractivity (Wildman–Crippen MR) is 43.6 cm³/mol. The van der Waals surface area contributed by atoms with Crippen molar-refractivity contribution in [3.63, 3.8) is 0 Å². The summed E-state index contributed by atoms with van der Waals surface area (Å²) < 4.78 is 6.65. The molecule has 0 amide bonds. The van der Waals surface area contributed by atoms with Gasteiger partial charge in [-0.1, -0.05) is 0 Å². The summed E-state index contributed by atoms with van der Waals surface area (Å²) in [4.78, 5) is 0. The minimum absolute atomic E-state index is 0.0671. The number of piperidine rings is 1. The molecule has 3 aliphatic rings. The lowest BCUT2D eigenvalue weighted by Gasteiger charge is -2.44. The van der Waals surface area contributed by atoms with Gasteiger partial charge in [0.2, 0.25) is 0 Å². The standard InChI is InChI=1S/C9H16NO2/c1-10(2)6-3-5(11)4-7(10)9-8(6)12-9/h5-9,11H,3-4H2,1-2H3/q+1/t5?,6-,7+,8+,9-. The maximum atomic E-state index is 9.60. The second-order valence-corrected chi connectivity index (χ2v) is 4.95. The Morgan fingerprint density at radius 2 is 1.67 bits per heavy atom. The lowest BCUT2D eigenvalue weighted by molar-refractivity contribution is -0.938. The number of aliphatic hydroxyl groups is 1. The fourth-order valence-corrected chi connectivity index (χ4v) is 3.22. The lowest BCUT2D eigenvalue weighted by atomic mass is 9.97. The van der Waals surface area contributed by atoms with Gasteiger partial charge in [0, 0.05) is 12.8 Å². The first kappa shape index (κ1) is 7.30. The summed E-state index contributed by atoms with van der Waals surface area (Å²) in [6.07, 6.45) is 2.75. The van der Waals surface area contributed by atoms with Crippen molar-refractivity contribution in [3.05, 3.63) is 0 Å². The van der Waals surface area contributed by atoms with Crippen LogP contribution in [-0.4, -0.2) is 54.1 Å². The zero-order chi connectivity index (χ0) is 8.51. The number of quaternary nitrogens is 1. The highest BCUT2D eigenvalue weighted by Crippen LogP contribution is 2.50.